The molecule has 0 unspecified atom stereocenters. The second-order valence-corrected chi connectivity index (χ2v) is 4.18. The lowest BCUT2D eigenvalue weighted by molar-refractivity contribution is 0.296. The molecule has 0 aliphatic carbocycles. The minimum atomic E-state index is 0.314. The van der Waals surface area contributed by atoms with Gasteiger partial charge in [0.2, 0.25) is 0 Å². The number of ether oxygens (including phenoxy) is 1. The number of hydrogen-bond acceptors (Lipinski definition) is 4. The summed E-state index contributed by atoms with van der Waals surface area (Å²) in [6.45, 7) is 0.429. The summed E-state index contributed by atoms with van der Waals surface area (Å²) in [6, 6.07) is 17.5. The SMILES string of the molecule is Nc1nc2ccccc2nc1OCc1ccccc1. The summed E-state index contributed by atoms with van der Waals surface area (Å²) in [7, 11) is 0. The zero-order chi connectivity index (χ0) is 13.1. The zero-order valence-corrected chi connectivity index (χ0v) is 10.3. The maximum atomic E-state index is 5.85. The highest BCUT2D eigenvalue weighted by molar-refractivity contribution is 5.76. The molecule has 3 rings (SSSR count). The van der Waals surface area contributed by atoms with E-state index in [1.54, 1.807) is 0 Å². The van der Waals surface area contributed by atoms with Crippen LogP contribution in [0, 0.1) is 0 Å². The lowest BCUT2D eigenvalue weighted by Gasteiger charge is -2.08. The number of para-hydroxylation sites is 2. The van der Waals surface area contributed by atoms with Crippen LogP contribution in [0.5, 0.6) is 5.88 Å². The van der Waals surface area contributed by atoms with Crippen LogP contribution in [0.15, 0.2) is 54.6 Å². The summed E-state index contributed by atoms with van der Waals surface area (Å²) in [5, 5.41) is 0. The van der Waals surface area contributed by atoms with E-state index in [2.05, 4.69) is 9.97 Å². The third-order valence-corrected chi connectivity index (χ3v) is 2.78. The molecule has 0 spiro atoms. The highest BCUT2D eigenvalue weighted by Gasteiger charge is 2.06. The number of fused-ring (bicyclic) bond motifs is 1. The number of nitrogens with zero attached hydrogens (tertiary/aromatic N) is 2. The van der Waals surface area contributed by atoms with Crippen LogP contribution in [0.4, 0.5) is 5.82 Å². The fraction of sp³-hybridized carbons (Fsp3) is 0.0667. The predicted octanol–water partition coefficient (Wildman–Crippen LogP) is 2.79. The lowest BCUT2D eigenvalue weighted by atomic mass is 10.2. The number of hydrogen-bond donors (Lipinski definition) is 1. The van der Waals surface area contributed by atoms with Crippen molar-refractivity contribution in [3.63, 3.8) is 0 Å². The van der Waals surface area contributed by atoms with Crippen LogP contribution >= 0.6 is 0 Å². The van der Waals surface area contributed by atoms with Crippen LogP contribution in [0.25, 0.3) is 11.0 Å². The van der Waals surface area contributed by atoms with Gasteiger partial charge in [-0.15, -0.1) is 0 Å². The Balaban J connectivity index is 1.86. The first-order chi connectivity index (χ1) is 9.33. The van der Waals surface area contributed by atoms with Crippen LogP contribution in [0.3, 0.4) is 0 Å². The Kier molecular flexibility index (Phi) is 2.98. The summed E-state index contributed by atoms with van der Waals surface area (Å²) in [4.78, 5) is 8.66. The molecule has 0 amide bonds. The molecule has 1 heterocycles. The molecular weight excluding hydrogens is 238 g/mol. The van der Waals surface area contributed by atoms with E-state index < -0.39 is 0 Å². The minimum Gasteiger partial charge on any atom is -0.470 e. The van der Waals surface area contributed by atoms with Gasteiger partial charge in [0.25, 0.3) is 5.88 Å². The van der Waals surface area contributed by atoms with E-state index in [1.165, 1.54) is 0 Å². The highest BCUT2D eigenvalue weighted by atomic mass is 16.5. The molecule has 4 heteroatoms. The minimum absolute atomic E-state index is 0.314. The van der Waals surface area contributed by atoms with E-state index >= 15 is 0 Å². The Morgan fingerprint density at radius 2 is 1.47 bits per heavy atom. The fourth-order valence-corrected chi connectivity index (χ4v) is 1.83. The molecule has 2 N–H and O–H groups in total. The fourth-order valence-electron chi connectivity index (χ4n) is 1.83. The maximum absolute atomic E-state index is 5.85. The number of aromatic nitrogens is 2. The number of anilines is 1. The molecule has 0 saturated carbocycles. The molecule has 0 atom stereocenters. The summed E-state index contributed by atoms with van der Waals surface area (Å²) in [6.07, 6.45) is 0. The number of nitrogen functional groups attached to an aromatic ring is 1. The van der Waals surface area contributed by atoms with Crippen molar-refractivity contribution in [2.24, 2.45) is 0 Å². The molecule has 3 aromatic rings. The van der Waals surface area contributed by atoms with Gasteiger partial charge in [-0.3, -0.25) is 0 Å². The van der Waals surface area contributed by atoms with Gasteiger partial charge in [-0.1, -0.05) is 42.5 Å². The second kappa shape index (κ2) is 4.94. The highest BCUT2D eigenvalue weighted by Crippen LogP contribution is 2.21. The topological polar surface area (TPSA) is 61.0 Å². The van der Waals surface area contributed by atoms with Gasteiger partial charge in [-0.2, -0.15) is 0 Å². The zero-order valence-electron chi connectivity index (χ0n) is 10.3. The van der Waals surface area contributed by atoms with Crippen LogP contribution in [-0.4, -0.2) is 9.97 Å². The molecule has 0 aliphatic heterocycles. The largest absolute Gasteiger partial charge is 0.470 e. The van der Waals surface area contributed by atoms with Crippen molar-refractivity contribution >= 4 is 16.9 Å². The van der Waals surface area contributed by atoms with Crippen LogP contribution in [0.2, 0.25) is 0 Å². The summed E-state index contributed by atoms with van der Waals surface area (Å²) < 4.78 is 5.63. The first kappa shape index (κ1) is 11.5. The van der Waals surface area contributed by atoms with E-state index in [9.17, 15) is 0 Å². The lowest BCUT2D eigenvalue weighted by Crippen LogP contribution is -2.03. The Morgan fingerprint density at radius 3 is 2.21 bits per heavy atom. The van der Waals surface area contributed by atoms with E-state index in [0.29, 0.717) is 18.3 Å². The molecule has 4 nitrogen and oxygen atoms in total. The van der Waals surface area contributed by atoms with Gasteiger partial charge in [0, 0.05) is 0 Å². The summed E-state index contributed by atoms with van der Waals surface area (Å²) in [5.74, 6) is 0.692. The molecule has 2 aromatic carbocycles. The third-order valence-electron chi connectivity index (χ3n) is 2.78. The normalized spacial score (nSPS) is 10.5. The van der Waals surface area contributed by atoms with Crippen molar-refractivity contribution in [1.29, 1.82) is 0 Å². The van der Waals surface area contributed by atoms with E-state index in [-0.39, 0.29) is 0 Å². The van der Waals surface area contributed by atoms with Gasteiger partial charge in [0.05, 0.1) is 11.0 Å². The van der Waals surface area contributed by atoms with Crippen molar-refractivity contribution < 1.29 is 4.74 Å². The monoisotopic (exact) mass is 251 g/mol. The van der Waals surface area contributed by atoms with Crippen molar-refractivity contribution in [3.05, 3.63) is 60.2 Å². The Hall–Kier alpha value is -2.62. The molecule has 94 valence electrons. The molecule has 0 fully saturated rings. The van der Waals surface area contributed by atoms with Crippen molar-refractivity contribution in [3.8, 4) is 5.88 Å². The van der Waals surface area contributed by atoms with Crippen molar-refractivity contribution in [1.82, 2.24) is 9.97 Å². The summed E-state index contributed by atoms with van der Waals surface area (Å²) >= 11 is 0. The van der Waals surface area contributed by atoms with Gasteiger partial charge >= 0.3 is 0 Å². The number of nitrogens with two attached hydrogens (primary N) is 1. The van der Waals surface area contributed by atoms with Crippen molar-refractivity contribution in [2.75, 3.05) is 5.73 Å². The van der Waals surface area contributed by atoms with E-state index in [0.717, 1.165) is 16.6 Å². The average Bonchev–Trinajstić information content (AvgIpc) is 2.46. The third kappa shape index (κ3) is 2.47. The number of benzene rings is 2. The molecule has 0 aliphatic rings. The Bertz CT molecular complexity index is 698. The number of rotatable bonds is 3. The van der Waals surface area contributed by atoms with Gasteiger partial charge in [-0.05, 0) is 17.7 Å². The first-order valence-electron chi connectivity index (χ1n) is 6.02. The molecule has 0 saturated heterocycles. The van der Waals surface area contributed by atoms with Crippen molar-refractivity contribution in [2.45, 2.75) is 6.61 Å². The smallest absolute Gasteiger partial charge is 0.258 e. The standard InChI is InChI=1S/C15H13N3O/c16-14-15(19-10-11-6-2-1-3-7-11)18-13-9-5-4-8-12(13)17-14/h1-9H,10H2,(H2,16,17). The second-order valence-electron chi connectivity index (χ2n) is 4.18. The molecule has 0 radical (unpaired) electrons. The van der Waals surface area contributed by atoms with Gasteiger partial charge in [-0.25, -0.2) is 9.97 Å². The molecular formula is C15H13N3O. The molecule has 1 aromatic heterocycles. The molecule has 0 bridgehead atoms. The van der Waals surface area contributed by atoms with Gasteiger partial charge in [0.15, 0.2) is 5.82 Å². The Morgan fingerprint density at radius 1 is 0.842 bits per heavy atom. The first-order valence-corrected chi connectivity index (χ1v) is 6.02. The molecule has 19 heavy (non-hydrogen) atoms. The quantitative estimate of drug-likeness (QED) is 0.777. The Labute approximate surface area is 110 Å². The maximum Gasteiger partial charge on any atom is 0.258 e. The van der Waals surface area contributed by atoms with Crippen LogP contribution < -0.4 is 10.5 Å². The summed E-state index contributed by atoms with van der Waals surface area (Å²) in [5.41, 5.74) is 8.47. The van der Waals surface area contributed by atoms with Gasteiger partial charge in [0.1, 0.15) is 6.61 Å². The predicted molar refractivity (Wildman–Crippen MR) is 74.7 cm³/mol. The van der Waals surface area contributed by atoms with Gasteiger partial charge < -0.3 is 10.5 Å². The van der Waals surface area contributed by atoms with Crippen LogP contribution in [0.1, 0.15) is 5.56 Å². The van der Waals surface area contributed by atoms with E-state index in [1.807, 2.05) is 54.6 Å². The average molecular weight is 251 g/mol. The van der Waals surface area contributed by atoms with Crippen LogP contribution in [-0.2, 0) is 6.61 Å². The van der Waals surface area contributed by atoms with E-state index in [4.69, 9.17) is 10.5 Å².